The highest BCUT2D eigenvalue weighted by molar-refractivity contribution is 5.84. The second-order valence-corrected chi connectivity index (χ2v) is 9.88. The van der Waals surface area contributed by atoms with Crippen LogP contribution in [0.3, 0.4) is 0 Å². The summed E-state index contributed by atoms with van der Waals surface area (Å²) >= 11 is 0. The van der Waals surface area contributed by atoms with E-state index in [9.17, 15) is 5.21 Å². The number of hydrogen-bond donors (Lipinski definition) is 0. The average molecular weight is 474 g/mol. The van der Waals surface area contributed by atoms with Crippen molar-refractivity contribution in [3.8, 4) is 11.8 Å². The molecule has 0 saturated heterocycles. The number of hydrogen-bond acceptors (Lipinski definition) is 4. The Labute approximate surface area is 207 Å². The Morgan fingerprint density at radius 2 is 1.69 bits per heavy atom. The van der Waals surface area contributed by atoms with Crippen LogP contribution in [0.4, 0.5) is 0 Å². The predicted octanol–water partition coefficient (Wildman–Crippen LogP) is 5.70. The summed E-state index contributed by atoms with van der Waals surface area (Å²) in [7, 11) is 1.53. The molecule has 184 valence electrons. The van der Waals surface area contributed by atoms with Crippen molar-refractivity contribution in [3.63, 3.8) is 0 Å². The predicted molar refractivity (Wildman–Crippen MR) is 139 cm³/mol. The van der Waals surface area contributed by atoms with Crippen molar-refractivity contribution in [1.82, 2.24) is 9.55 Å². The highest BCUT2D eigenvalue weighted by atomic mass is 16.5. The molecule has 2 aromatic carbocycles. The molecule has 6 nitrogen and oxygen atoms in total. The van der Waals surface area contributed by atoms with Gasteiger partial charge in [0, 0.05) is 36.5 Å². The third-order valence-corrected chi connectivity index (χ3v) is 5.96. The Balaban J connectivity index is 1.76. The van der Waals surface area contributed by atoms with Gasteiger partial charge in [-0.3, -0.25) is 0 Å². The fourth-order valence-corrected chi connectivity index (χ4v) is 4.46. The molecule has 2 heterocycles. The van der Waals surface area contributed by atoms with Crippen LogP contribution in [0.1, 0.15) is 50.2 Å². The van der Waals surface area contributed by atoms with Crippen molar-refractivity contribution in [2.24, 2.45) is 11.8 Å². The van der Waals surface area contributed by atoms with Crippen molar-refractivity contribution < 1.29 is 14.2 Å². The van der Waals surface area contributed by atoms with Gasteiger partial charge in [0.05, 0.1) is 7.11 Å². The summed E-state index contributed by atoms with van der Waals surface area (Å²) < 4.78 is 14.9. The molecule has 0 radical (unpaired) electrons. The minimum Gasteiger partial charge on any atom is -0.616 e. The first-order valence-corrected chi connectivity index (χ1v) is 12.3. The maximum absolute atomic E-state index is 13.5. The lowest BCUT2D eigenvalue weighted by Crippen LogP contribution is -2.37. The van der Waals surface area contributed by atoms with Crippen molar-refractivity contribution in [2.75, 3.05) is 7.11 Å². The zero-order chi connectivity index (χ0) is 24.9. The van der Waals surface area contributed by atoms with E-state index in [4.69, 9.17) is 14.5 Å². The number of ether oxygens (including phenoxy) is 2. The quantitative estimate of drug-likeness (QED) is 0.219. The van der Waals surface area contributed by atoms with Gasteiger partial charge in [-0.05, 0) is 29.0 Å². The van der Waals surface area contributed by atoms with Crippen LogP contribution in [0.5, 0.6) is 11.8 Å². The van der Waals surface area contributed by atoms with Crippen LogP contribution < -0.4 is 14.2 Å². The molecule has 0 unspecified atom stereocenters. The Bertz CT molecular complexity index is 1280. The van der Waals surface area contributed by atoms with E-state index in [-0.39, 0.29) is 11.8 Å². The first kappa shape index (κ1) is 24.6. The maximum atomic E-state index is 13.5. The van der Waals surface area contributed by atoms with E-state index in [1.54, 1.807) is 0 Å². The topological polar surface area (TPSA) is 63.2 Å². The van der Waals surface area contributed by atoms with E-state index in [1.165, 1.54) is 12.6 Å². The number of aromatic nitrogens is 3. The van der Waals surface area contributed by atoms with Gasteiger partial charge < -0.3 is 19.2 Å². The standard InChI is InChI=1S/C29H35N3O3/c1-20(2)15-27-28(35-19-22-11-7-6-8-12-22)30-25(29(34-5)32(27)33)16-23-18-31(17-21(3)4)26-14-10-9-13-24(23)26/h6-14,18,20-21H,15-17,19H2,1-5H3. The molecule has 0 bridgehead atoms. The summed E-state index contributed by atoms with van der Waals surface area (Å²) in [6.07, 6.45) is 3.19. The van der Waals surface area contributed by atoms with Crippen LogP contribution in [0.2, 0.25) is 0 Å². The van der Waals surface area contributed by atoms with Crippen molar-refractivity contribution >= 4 is 10.9 Å². The van der Waals surface area contributed by atoms with Crippen LogP contribution in [-0.2, 0) is 26.0 Å². The first-order valence-electron chi connectivity index (χ1n) is 12.3. The van der Waals surface area contributed by atoms with E-state index in [0.717, 1.165) is 27.8 Å². The Morgan fingerprint density at radius 1 is 0.971 bits per heavy atom. The third-order valence-electron chi connectivity index (χ3n) is 5.96. The van der Waals surface area contributed by atoms with Gasteiger partial charge in [-0.15, -0.1) is 4.73 Å². The molecule has 0 atom stereocenters. The zero-order valence-electron chi connectivity index (χ0n) is 21.3. The highest BCUT2D eigenvalue weighted by Crippen LogP contribution is 2.29. The minimum absolute atomic E-state index is 0.230. The second-order valence-electron chi connectivity index (χ2n) is 9.88. The van der Waals surface area contributed by atoms with Crippen LogP contribution in [0.25, 0.3) is 10.9 Å². The van der Waals surface area contributed by atoms with E-state index in [0.29, 0.717) is 42.6 Å². The lowest BCUT2D eigenvalue weighted by Gasteiger charge is -2.16. The lowest BCUT2D eigenvalue weighted by molar-refractivity contribution is -0.622. The molecular weight excluding hydrogens is 438 g/mol. The van der Waals surface area contributed by atoms with Gasteiger partial charge in [0.2, 0.25) is 0 Å². The summed E-state index contributed by atoms with van der Waals surface area (Å²) in [6, 6.07) is 18.3. The van der Waals surface area contributed by atoms with E-state index < -0.39 is 0 Å². The number of para-hydroxylation sites is 1. The zero-order valence-corrected chi connectivity index (χ0v) is 21.3. The molecule has 0 aliphatic carbocycles. The first-order chi connectivity index (χ1) is 16.9. The van der Waals surface area contributed by atoms with E-state index in [1.807, 2.05) is 36.4 Å². The van der Waals surface area contributed by atoms with Crippen molar-refractivity contribution in [2.45, 2.75) is 53.7 Å². The largest absolute Gasteiger partial charge is 0.616 e. The number of benzene rings is 2. The van der Waals surface area contributed by atoms with Gasteiger partial charge in [-0.1, -0.05) is 76.2 Å². The normalized spacial score (nSPS) is 11.5. The van der Waals surface area contributed by atoms with Gasteiger partial charge in [0.25, 0.3) is 11.6 Å². The molecule has 0 spiro atoms. The Hall–Kier alpha value is -3.54. The Morgan fingerprint density at radius 3 is 2.37 bits per heavy atom. The monoisotopic (exact) mass is 473 g/mol. The SMILES string of the molecule is COc1c(Cc2cn(CC(C)C)c3ccccc23)nc(OCc2ccccc2)c(CC(C)C)[n+]1[O-]. The van der Waals surface area contributed by atoms with Crippen LogP contribution >= 0.6 is 0 Å². The third kappa shape index (κ3) is 5.59. The highest BCUT2D eigenvalue weighted by Gasteiger charge is 2.28. The van der Waals surface area contributed by atoms with Gasteiger partial charge in [-0.2, -0.15) is 0 Å². The lowest BCUT2D eigenvalue weighted by atomic mass is 10.1. The number of rotatable bonds is 10. The molecule has 0 aliphatic heterocycles. The number of methoxy groups -OCH3 is 1. The molecule has 0 amide bonds. The number of fused-ring (bicyclic) bond motifs is 1. The smallest absolute Gasteiger partial charge is 0.402 e. The molecule has 0 saturated carbocycles. The van der Waals surface area contributed by atoms with E-state index in [2.05, 4.69) is 56.7 Å². The summed E-state index contributed by atoms with van der Waals surface area (Å²) in [4.78, 5) is 4.87. The molecule has 0 aliphatic rings. The Kier molecular flexibility index (Phi) is 7.59. The molecule has 6 heteroatoms. The van der Waals surface area contributed by atoms with Gasteiger partial charge in [0.15, 0.2) is 5.69 Å². The van der Waals surface area contributed by atoms with Crippen molar-refractivity contribution in [1.29, 1.82) is 0 Å². The van der Waals surface area contributed by atoms with Crippen LogP contribution in [0, 0.1) is 17.0 Å². The fourth-order valence-electron chi connectivity index (χ4n) is 4.46. The average Bonchev–Trinajstić information content (AvgIpc) is 3.17. The minimum atomic E-state index is 0.230. The molecule has 35 heavy (non-hydrogen) atoms. The number of nitrogens with zero attached hydrogens (tertiary/aromatic N) is 3. The summed E-state index contributed by atoms with van der Waals surface area (Å²) in [6.45, 7) is 9.84. The van der Waals surface area contributed by atoms with Crippen LogP contribution in [0.15, 0.2) is 60.8 Å². The van der Waals surface area contributed by atoms with Gasteiger partial charge >= 0.3 is 5.88 Å². The van der Waals surface area contributed by atoms with E-state index >= 15 is 0 Å². The molecule has 0 fully saturated rings. The van der Waals surface area contributed by atoms with Crippen molar-refractivity contribution in [3.05, 3.63) is 88.5 Å². The maximum Gasteiger partial charge on any atom is 0.402 e. The molecule has 0 N–H and O–H groups in total. The molecule has 4 rings (SSSR count). The fraction of sp³-hybridized carbons (Fsp3) is 0.379. The van der Waals surface area contributed by atoms with Gasteiger partial charge in [-0.25, -0.2) is 4.98 Å². The van der Waals surface area contributed by atoms with Gasteiger partial charge in [0.1, 0.15) is 6.61 Å². The molecule has 4 aromatic rings. The summed E-state index contributed by atoms with van der Waals surface area (Å²) in [5.74, 6) is 1.39. The molecular formula is C29H35N3O3. The summed E-state index contributed by atoms with van der Waals surface area (Å²) in [5, 5.41) is 14.6. The second kappa shape index (κ2) is 10.8. The summed E-state index contributed by atoms with van der Waals surface area (Å²) in [5.41, 5.74) is 4.39. The molecule has 2 aromatic heterocycles. The van der Waals surface area contributed by atoms with Crippen LogP contribution in [-0.4, -0.2) is 16.7 Å².